The molecule has 0 fully saturated rings. The molecule has 2 N–H and O–H groups in total. The summed E-state index contributed by atoms with van der Waals surface area (Å²) >= 11 is 0. The Morgan fingerprint density at radius 2 is 1.93 bits per heavy atom. The highest BCUT2D eigenvalue weighted by Crippen LogP contribution is 2.28. The fourth-order valence-electron chi connectivity index (χ4n) is 3.19. The summed E-state index contributed by atoms with van der Waals surface area (Å²) in [6.45, 7) is 3.62. The van der Waals surface area contributed by atoms with E-state index in [0.717, 1.165) is 10.9 Å². The topological polar surface area (TPSA) is 127 Å². The van der Waals surface area contributed by atoms with E-state index in [1.165, 1.54) is 6.26 Å². The number of rotatable bonds is 7. The first-order valence-electron chi connectivity index (χ1n) is 8.93. The molecule has 3 rings (SSSR count). The molecule has 9 heteroatoms. The van der Waals surface area contributed by atoms with E-state index in [1.807, 2.05) is 13.0 Å². The number of hydrogen-bond donors (Lipinski definition) is 2. The molecular formula is C20H21NO7S. The first-order valence-corrected chi connectivity index (χ1v) is 10.7. The monoisotopic (exact) mass is 419 g/mol. The van der Waals surface area contributed by atoms with Crippen LogP contribution in [0.3, 0.4) is 0 Å². The van der Waals surface area contributed by atoms with Crippen molar-refractivity contribution in [1.82, 2.24) is 5.32 Å². The van der Waals surface area contributed by atoms with Crippen molar-refractivity contribution in [2.24, 2.45) is 0 Å². The third-order valence-electron chi connectivity index (χ3n) is 4.84. The third-order valence-corrected chi connectivity index (χ3v) is 5.65. The van der Waals surface area contributed by atoms with E-state index in [2.05, 4.69) is 5.32 Å². The number of aliphatic carboxylic acids is 1. The summed E-state index contributed by atoms with van der Waals surface area (Å²) in [5.41, 5.74) is 1.99. The van der Waals surface area contributed by atoms with Gasteiger partial charge in [0, 0.05) is 39.6 Å². The lowest BCUT2D eigenvalue weighted by molar-refractivity contribution is -0.141. The molecule has 2 aromatic heterocycles. The summed E-state index contributed by atoms with van der Waals surface area (Å²) in [6.07, 6.45) is 2.79. The highest BCUT2D eigenvalue weighted by molar-refractivity contribution is 7.84. The molecule has 0 bridgehead atoms. The van der Waals surface area contributed by atoms with Crippen molar-refractivity contribution in [3.05, 3.63) is 45.5 Å². The summed E-state index contributed by atoms with van der Waals surface area (Å²) < 4.78 is 22.0. The van der Waals surface area contributed by atoms with Gasteiger partial charge in [-0.3, -0.25) is 9.00 Å². The Morgan fingerprint density at radius 3 is 2.59 bits per heavy atom. The van der Waals surface area contributed by atoms with Crippen LogP contribution in [-0.4, -0.2) is 39.2 Å². The Balaban J connectivity index is 1.90. The van der Waals surface area contributed by atoms with E-state index in [4.69, 9.17) is 8.83 Å². The van der Waals surface area contributed by atoms with Crippen molar-refractivity contribution in [3.63, 3.8) is 0 Å². The molecule has 154 valence electrons. The molecule has 2 atom stereocenters. The zero-order chi connectivity index (χ0) is 21.3. The van der Waals surface area contributed by atoms with Gasteiger partial charge in [0.2, 0.25) is 5.91 Å². The van der Waals surface area contributed by atoms with Gasteiger partial charge in [0.25, 0.3) is 0 Å². The molecule has 2 heterocycles. The van der Waals surface area contributed by atoms with Gasteiger partial charge in [-0.25, -0.2) is 9.59 Å². The van der Waals surface area contributed by atoms with Gasteiger partial charge in [-0.05, 0) is 37.5 Å². The van der Waals surface area contributed by atoms with E-state index >= 15 is 0 Å². The van der Waals surface area contributed by atoms with Crippen LogP contribution in [0.5, 0.6) is 0 Å². The fraction of sp³-hybridized carbons (Fsp3) is 0.350. The van der Waals surface area contributed by atoms with Crippen LogP contribution in [0, 0.1) is 13.8 Å². The second-order valence-electron chi connectivity index (χ2n) is 6.96. The van der Waals surface area contributed by atoms with Gasteiger partial charge in [0.05, 0.1) is 18.2 Å². The highest BCUT2D eigenvalue weighted by atomic mass is 32.2. The molecular weight excluding hydrogens is 398 g/mol. The number of furan rings is 1. The minimum absolute atomic E-state index is 0.0350. The number of carboxylic acids is 1. The molecule has 8 nitrogen and oxygen atoms in total. The average molecular weight is 419 g/mol. The molecule has 0 saturated carbocycles. The SMILES string of the molecule is Cc1coc2cc3oc(=O)c(CC(=O)N[C@H](CCS(C)=O)C(=O)O)c(C)c3cc12. The summed E-state index contributed by atoms with van der Waals surface area (Å²) in [5, 5.41) is 13.2. The summed E-state index contributed by atoms with van der Waals surface area (Å²) in [4.78, 5) is 36.2. The maximum absolute atomic E-state index is 12.4. The van der Waals surface area contributed by atoms with Gasteiger partial charge in [-0.1, -0.05) is 0 Å². The third kappa shape index (κ3) is 4.40. The van der Waals surface area contributed by atoms with Gasteiger partial charge in [-0.2, -0.15) is 0 Å². The number of carboxylic acid groups (broad SMARTS) is 1. The molecule has 0 aliphatic carbocycles. The molecule has 0 radical (unpaired) electrons. The molecule has 0 saturated heterocycles. The van der Waals surface area contributed by atoms with Crippen LogP contribution in [0.15, 0.2) is 32.0 Å². The molecule has 29 heavy (non-hydrogen) atoms. The minimum atomic E-state index is -1.22. The van der Waals surface area contributed by atoms with Crippen molar-refractivity contribution in [2.45, 2.75) is 32.7 Å². The lowest BCUT2D eigenvalue weighted by atomic mass is 10.0. The predicted molar refractivity (Wildman–Crippen MR) is 109 cm³/mol. The maximum Gasteiger partial charge on any atom is 0.340 e. The van der Waals surface area contributed by atoms with Crippen molar-refractivity contribution < 1.29 is 27.7 Å². The molecule has 0 aliphatic heterocycles. The largest absolute Gasteiger partial charge is 0.480 e. The Morgan fingerprint density at radius 1 is 1.21 bits per heavy atom. The predicted octanol–water partition coefficient (Wildman–Crippen LogP) is 2.04. The van der Waals surface area contributed by atoms with Crippen molar-refractivity contribution >= 4 is 44.6 Å². The first kappa shape index (κ1) is 20.8. The van der Waals surface area contributed by atoms with Gasteiger partial charge in [0.15, 0.2) is 0 Å². The molecule has 0 aliphatic rings. The van der Waals surface area contributed by atoms with Crippen molar-refractivity contribution in [3.8, 4) is 0 Å². The van der Waals surface area contributed by atoms with Crippen LogP contribution in [-0.2, 0) is 26.8 Å². The first-order chi connectivity index (χ1) is 13.7. The van der Waals surface area contributed by atoms with E-state index in [-0.39, 0.29) is 24.2 Å². The van der Waals surface area contributed by atoms with Crippen LogP contribution in [0.1, 0.15) is 23.1 Å². The van der Waals surface area contributed by atoms with E-state index in [0.29, 0.717) is 22.1 Å². The molecule has 3 aromatic rings. The zero-order valence-corrected chi connectivity index (χ0v) is 17.1. The average Bonchev–Trinajstić information content (AvgIpc) is 3.00. The zero-order valence-electron chi connectivity index (χ0n) is 16.2. The quantitative estimate of drug-likeness (QED) is 0.561. The normalized spacial score (nSPS) is 13.5. The highest BCUT2D eigenvalue weighted by Gasteiger charge is 2.22. The van der Waals surface area contributed by atoms with Gasteiger partial charge < -0.3 is 19.3 Å². The summed E-state index contributed by atoms with van der Waals surface area (Å²) in [7, 11) is -1.18. The molecule has 0 spiro atoms. The van der Waals surface area contributed by atoms with Gasteiger partial charge in [-0.15, -0.1) is 0 Å². The Kier molecular flexibility index (Phi) is 5.88. The summed E-state index contributed by atoms with van der Waals surface area (Å²) in [5.74, 6) is -1.69. The van der Waals surface area contributed by atoms with Crippen LogP contribution in [0.2, 0.25) is 0 Å². The Bertz CT molecular complexity index is 1190. The van der Waals surface area contributed by atoms with Gasteiger partial charge in [0.1, 0.15) is 17.2 Å². The molecule has 1 unspecified atom stereocenters. The van der Waals surface area contributed by atoms with Crippen molar-refractivity contribution in [2.75, 3.05) is 12.0 Å². The van der Waals surface area contributed by atoms with E-state index in [1.54, 1.807) is 19.3 Å². The van der Waals surface area contributed by atoms with E-state index in [9.17, 15) is 23.7 Å². The number of fused-ring (bicyclic) bond motifs is 2. The Hall–Kier alpha value is -2.94. The number of aryl methyl sites for hydroxylation is 2. The maximum atomic E-state index is 12.4. The van der Waals surface area contributed by atoms with Crippen LogP contribution < -0.4 is 10.9 Å². The smallest absolute Gasteiger partial charge is 0.340 e. The van der Waals surface area contributed by atoms with E-state index < -0.39 is 34.3 Å². The second kappa shape index (κ2) is 8.20. The van der Waals surface area contributed by atoms with Crippen LogP contribution in [0.4, 0.5) is 0 Å². The lowest BCUT2D eigenvalue weighted by Crippen LogP contribution is -2.42. The number of benzene rings is 1. The molecule has 1 amide bonds. The summed E-state index contributed by atoms with van der Waals surface area (Å²) in [6, 6.07) is 2.31. The lowest BCUT2D eigenvalue weighted by Gasteiger charge is -2.14. The second-order valence-corrected chi connectivity index (χ2v) is 8.51. The number of hydrogen-bond acceptors (Lipinski definition) is 6. The van der Waals surface area contributed by atoms with Gasteiger partial charge >= 0.3 is 11.6 Å². The minimum Gasteiger partial charge on any atom is -0.480 e. The van der Waals surface area contributed by atoms with Crippen LogP contribution in [0.25, 0.3) is 21.9 Å². The number of amides is 1. The molecule has 1 aromatic carbocycles. The van der Waals surface area contributed by atoms with Crippen molar-refractivity contribution in [1.29, 1.82) is 0 Å². The standard InChI is InChI=1S/C20H21NO7S/c1-10-9-27-16-8-17-13(6-12(10)16)11(2)14(20(25)28-17)7-18(22)21-15(19(23)24)4-5-29(3)26/h6,8-9,15H,4-5,7H2,1-3H3,(H,21,22)(H,23,24)/t15-,29?/m1/s1. The number of nitrogens with one attached hydrogen (secondary N) is 1. The van der Waals surface area contributed by atoms with Crippen LogP contribution >= 0.6 is 0 Å². The fourth-order valence-corrected chi connectivity index (χ4v) is 3.76. The number of carbonyl (C=O) groups excluding carboxylic acids is 1. The number of carbonyl (C=O) groups is 2. The Labute approximate surface area is 168 Å².